The fraction of sp³-hybridized carbons (Fsp3) is 0.444. The largest absolute Gasteiger partial charge is 0.376 e. The molecule has 5 rings (SSSR count). The molecular formula is C27H29ClFN3O5. The molecule has 0 aliphatic carbocycles. The molecule has 2 aromatic rings. The lowest BCUT2D eigenvalue weighted by atomic mass is 9.96. The topological polar surface area (TPSA) is 88.2 Å². The third-order valence-electron chi connectivity index (χ3n) is 7.34. The van der Waals surface area contributed by atoms with Crippen LogP contribution in [0, 0.1) is 5.82 Å². The average Bonchev–Trinajstić information content (AvgIpc) is 3.56. The van der Waals surface area contributed by atoms with Crippen molar-refractivity contribution in [1.29, 1.82) is 0 Å². The van der Waals surface area contributed by atoms with Gasteiger partial charge in [-0.05, 0) is 49.2 Å². The minimum atomic E-state index is -1.06. The minimum Gasteiger partial charge on any atom is -0.376 e. The van der Waals surface area contributed by atoms with E-state index in [1.807, 2.05) is 0 Å². The Kier molecular flexibility index (Phi) is 7.46. The molecule has 3 aliphatic rings. The number of benzene rings is 2. The van der Waals surface area contributed by atoms with Crippen LogP contribution in [0.2, 0.25) is 5.02 Å². The molecule has 37 heavy (non-hydrogen) atoms. The molecule has 3 heterocycles. The van der Waals surface area contributed by atoms with Crippen LogP contribution in [-0.2, 0) is 14.3 Å². The maximum atomic E-state index is 13.7. The van der Waals surface area contributed by atoms with Crippen molar-refractivity contribution < 1.29 is 28.2 Å². The van der Waals surface area contributed by atoms with Crippen molar-refractivity contribution in [2.75, 3.05) is 32.8 Å². The predicted octanol–water partition coefficient (Wildman–Crippen LogP) is 3.25. The zero-order valence-corrected chi connectivity index (χ0v) is 21.1. The van der Waals surface area contributed by atoms with Crippen molar-refractivity contribution >= 4 is 29.3 Å². The molecule has 3 amide bonds. The molecular weight excluding hydrogens is 501 g/mol. The van der Waals surface area contributed by atoms with Crippen molar-refractivity contribution in [1.82, 2.24) is 15.1 Å². The smallest absolute Gasteiger partial charge is 0.256 e. The Balaban J connectivity index is 1.35. The van der Waals surface area contributed by atoms with E-state index in [0.717, 1.165) is 12.8 Å². The Morgan fingerprint density at radius 2 is 1.78 bits per heavy atom. The summed E-state index contributed by atoms with van der Waals surface area (Å²) in [4.78, 5) is 43.2. The molecule has 0 unspecified atom stereocenters. The summed E-state index contributed by atoms with van der Waals surface area (Å²) in [6, 6.07) is 11.3. The van der Waals surface area contributed by atoms with Gasteiger partial charge in [0, 0.05) is 44.6 Å². The van der Waals surface area contributed by atoms with Crippen LogP contribution in [0.3, 0.4) is 0 Å². The fourth-order valence-corrected chi connectivity index (χ4v) is 5.52. The minimum absolute atomic E-state index is 0.0305. The van der Waals surface area contributed by atoms with Crippen molar-refractivity contribution in [3.05, 3.63) is 70.5 Å². The highest BCUT2D eigenvalue weighted by atomic mass is 35.5. The summed E-state index contributed by atoms with van der Waals surface area (Å²) < 4.78 is 25.3. The van der Waals surface area contributed by atoms with E-state index in [1.165, 1.54) is 29.2 Å². The maximum Gasteiger partial charge on any atom is 0.256 e. The first-order valence-electron chi connectivity index (χ1n) is 12.5. The van der Waals surface area contributed by atoms with Crippen molar-refractivity contribution in [3.63, 3.8) is 0 Å². The van der Waals surface area contributed by atoms with E-state index in [2.05, 4.69) is 5.32 Å². The lowest BCUT2D eigenvalue weighted by Crippen LogP contribution is -2.60. The lowest BCUT2D eigenvalue weighted by molar-refractivity contribution is -0.128. The SMILES string of the molecule is O=C(NC[C@H]1CCCO1)[C@H]1COC2(CCN(C(=O)c3ccccc3Cl)CC2)N1C(=O)c1ccc(F)cc1. The first-order valence-corrected chi connectivity index (χ1v) is 12.9. The van der Waals surface area contributed by atoms with E-state index in [9.17, 15) is 18.8 Å². The highest BCUT2D eigenvalue weighted by Crippen LogP contribution is 2.39. The van der Waals surface area contributed by atoms with Crippen molar-refractivity contribution in [3.8, 4) is 0 Å². The molecule has 196 valence electrons. The molecule has 0 bridgehead atoms. The normalized spacial score (nSPS) is 22.9. The summed E-state index contributed by atoms with van der Waals surface area (Å²) in [6.07, 6.45) is 2.44. The van der Waals surface area contributed by atoms with Gasteiger partial charge in [0.1, 0.15) is 17.6 Å². The first kappa shape index (κ1) is 25.6. The van der Waals surface area contributed by atoms with Gasteiger partial charge in [0.2, 0.25) is 5.91 Å². The molecule has 0 aromatic heterocycles. The fourth-order valence-electron chi connectivity index (χ4n) is 5.30. The van der Waals surface area contributed by atoms with Gasteiger partial charge in [0.15, 0.2) is 0 Å². The number of hydrogen-bond acceptors (Lipinski definition) is 5. The van der Waals surface area contributed by atoms with Crippen LogP contribution in [0.5, 0.6) is 0 Å². The third-order valence-corrected chi connectivity index (χ3v) is 7.67. The third kappa shape index (κ3) is 5.21. The number of nitrogens with one attached hydrogen (secondary N) is 1. The van der Waals surface area contributed by atoms with Gasteiger partial charge in [-0.1, -0.05) is 23.7 Å². The summed E-state index contributed by atoms with van der Waals surface area (Å²) in [5.74, 6) is -1.39. The Labute approximate surface area is 219 Å². The number of amides is 3. The van der Waals surface area contributed by atoms with E-state index >= 15 is 0 Å². The summed E-state index contributed by atoms with van der Waals surface area (Å²) in [5.41, 5.74) is -0.384. The summed E-state index contributed by atoms with van der Waals surface area (Å²) in [7, 11) is 0. The molecule has 3 fully saturated rings. The van der Waals surface area contributed by atoms with E-state index in [1.54, 1.807) is 29.2 Å². The van der Waals surface area contributed by atoms with E-state index in [4.69, 9.17) is 21.1 Å². The summed E-state index contributed by atoms with van der Waals surface area (Å²) >= 11 is 6.23. The summed E-state index contributed by atoms with van der Waals surface area (Å²) in [5, 5.41) is 3.29. The molecule has 10 heteroatoms. The second kappa shape index (κ2) is 10.8. The highest BCUT2D eigenvalue weighted by molar-refractivity contribution is 6.33. The van der Waals surface area contributed by atoms with Crippen molar-refractivity contribution in [2.24, 2.45) is 0 Å². The Morgan fingerprint density at radius 3 is 2.46 bits per heavy atom. The molecule has 0 radical (unpaired) electrons. The number of carbonyl (C=O) groups is 3. The second-order valence-electron chi connectivity index (χ2n) is 9.61. The van der Waals surface area contributed by atoms with Gasteiger partial charge in [0.05, 0.1) is 23.3 Å². The number of halogens is 2. The molecule has 2 atom stereocenters. The van der Waals surface area contributed by atoms with Crippen LogP contribution in [0.25, 0.3) is 0 Å². The zero-order chi connectivity index (χ0) is 26.0. The molecule has 8 nitrogen and oxygen atoms in total. The number of rotatable bonds is 5. The number of likely N-dealkylation sites (tertiary alicyclic amines) is 1. The van der Waals surface area contributed by atoms with Crippen LogP contribution in [0.1, 0.15) is 46.4 Å². The van der Waals surface area contributed by atoms with E-state index < -0.39 is 23.5 Å². The number of ether oxygens (including phenoxy) is 2. The van der Waals surface area contributed by atoms with Gasteiger partial charge in [0.25, 0.3) is 11.8 Å². The quantitative estimate of drug-likeness (QED) is 0.642. The van der Waals surface area contributed by atoms with E-state index in [-0.39, 0.29) is 30.1 Å². The predicted molar refractivity (Wildman–Crippen MR) is 134 cm³/mol. The molecule has 3 aliphatic heterocycles. The molecule has 3 saturated heterocycles. The zero-order valence-electron chi connectivity index (χ0n) is 20.3. The van der Waals surface area contributed by atoms with Gasteiger partial charge >= 0.3 is 0 Å². The number of nitrogens with zero attached hydrogens (tertiary/aromatic N) is 2. The Bertz CT molecular complexity index is 1160. The highest BCUT2D eigenvalue weighted by Gasteiger charge is 2.54. The molecule has 1 N–H and O–H groups in total. The van der Waals surface area contributed by atoms with E-state index in [0.29, 0.717) is 49.7 Å². The van der Waals surface area contributed by atoms with Gasteiger partial charge in [-0.25, -0.2) is 4.39 Å². The van der Waals surface area contributed by atoms with Gasteiger partial charge in [-0.3, -0.25) is 19.3 Å². The number of hydrogen-bond donors (Lipinski definition) is 1. The van der Waals surface area contributed by atoms with Crippen LogP contribution >= 0.6 is 11.6 Å². The second-order valence-corrected chi connectivity index (χ2v) is 10.0. The van der Waals surface area contributed by atoms with Crippen LogP contribution in [0.4, 0.5) is 4.39 Å². The molecule has 0 saturated carbocycles. The van der Waals surface area contributed by atoms with Crippen molar-refractivity contribution in [2.45, 2.75) is 43.6 Å². The maximum absolute atomic E-state index is 13.7. The first-order chi connectivity index (χ1) is 17.9. The van der Waals surface area contributed by atoms with Gasteiger partial charge < -0.3 is 19.7 Å². The Hall–Kier alpha value is -3.01. The van der Waals surface area contributed by atoms with Crippen LogP contribution in [0.15, 0.2) is 48.5 Å². The van der Waals surface area contributed by atoms with Gasteiger partial charge in [-0.2, -0.15) is 0 Å². The molecule has 2 aromatic carbocycles. The van der Waals surface area contributed by atoms with Crippen LogP contribution in [-0.4, -0.2) is 78.2 Å². The number of piperidine rings is 1. The molecule has 1 spiro atoms. The monoisotopic (exact) mass is 529 g/mol. The lowest BCUT2D eigenvalue weighted by Gasteiger charge is -2.44. The van der Waals surface area contributed by atoms with Crippen LogP contribution < -0.4 is 5.32 Å². The van der Waals surface area contributed by atoms with Gasteiger partial charge in [-0.15, -0.1) is 0 Å². The standard InChI is InChI=1S/C27H29ClFN3O5/c28-22-6-2-1-5-21(22)26(35)31-13-11-27(12-14-31)32(25(34)18-7-9-19(29)10-8-18)23(17-37-27)24(33)30-16-20-4-3-15-36-20/h1-2,5-10,20,23H,3-4,11-17H2,(H,30,33)/t20-,23-/m1/s1. The average molecular weight is 530 g/mol. The Morgan fingerprint density at radius 1 is 1.05 bits per heavy atom. The number of carbonyl (C=O) groups excluding carboxylic acids is 3. The summed E-state index contributed by atoms with van der Waals surface area (Å²) in [6.45, 7) is 1.71.